The van der Waals surface area contributed by atoms with Crippen molar-refractivity contribution < 1.29 is 14.3 Å². The highest BCUT2D eigenvalue weighted by atomic mass is 32.1. The first-order valence-corrected chi connectivity index (χ1v) is 7.55. The summed E-state index contributed by atoms with van der Waals surface area (Å²) >= 11 is 1.33. The van der Waals surface area contributed by atoms with Gasteiger partial charge in [-0.05, 0) is 6.92 Å². The Hall–Kier alpha value is -2.15. The van der Waals surface area contributed by atoms with Crippen molar-refractivity contribution in [3.05, 3.63) is 34.5 Å². The highest BCUT2D eigenvalue weighted by Gasteiger charge is 2.24. The van der Waals surface area contributed by atoms with Gasteiger partial charge in [0.25, 0.3) is 5.91 Å². The van der Waals surface area contributed by atoms with Crippen molar-refractivity contribution in [2.75, 3.05) is 13.2 Å². The molecule has 3 rings (SSSR count). The number of hydrogen-bond donors (Lipinski definition) is 1. The van der Waals surface area contributed by atoms with Gasteiger partial charge in [-0.25, -0.2) is 0 Å². The second kappa shape index (κ2) is 6.09. The van der Waals surface area contributed by atoms with E-state index in [9.17, 15) is 4.79 Å². The summed E-state index contributed by atoms with van der Waals surface area (Å²) in [5, 5.41) is 4.75. The number of ether oxygens (including phenoxy) is 2. The number of nitrogens with one attached hydrogen (secondary N) is 1. The van der Waals surface area contributed by atoms with Gasteiger partial charge in [-0.2, -0.15) is 0 Å². The number of nitrogens with zero attached hydrogens (tertiary/aromatic N) is 2. The zero-order valence-corrected chi connectivity index (χ0v) is 12.4. The van der Waals surface area contributed by atoms with Crippen molar-refractivity contribution in [1.82, 2.24) is 15.3 Å². The van der Waals surface area contributed by atoms with Crippen LogP contribution in [0.15, 0.2) is 24.0 Å². The summed E-state index contributed by atoms with van der Waals surface area (Å²) in [7, 11) is 0. The molecule has 0 aliphatic carbocycles. The lowest BCUT2D eigenvalue weighted by atomic mass is 10.2. The van der Waals surface area contributed by atoms with E-state index < -0.39 is 0 Å². The van der Waals surface area contributed by atoms with Crippen molar-refractivity contribution in [3.63, 3.8) is 0 Å². The first-order valence-electron chi connectivity index (χ1n) is 6.67. The fourth-order valence-electron chi connectivity index (χ4n) is 2.11. The summed E-state index contributed by atoms with van der Waals surface area (Å²) < 4.78 is 11.0. The van der Waals surface area contributed by atoms with Crippen LogP contribution in [-0.2, 0) is 6.42 Å². The predicted molar refractivity (Wildman–Crippen MR) is 78.0 cm³/mol. The van der Waals surface area contributed by atoms with Gasteiger partial charge in [0.15, 0.2) is 11.5 Å². The molecule has 0 radical (unpaired) electrons. The summed E-state index contributed by atoms with van der Waals surface area (Å²) in [6.07, 6.45) is 5.60. The highest BCUT2D eigenvalue weighted by molar-refractivity contribution is 7.12. The predicted octanol–water partition coefficient (Wildman–Crippen LogP) is 1.67. The molecule has 0 bridgehead atoms. The van der Waals surface area contributed by atoms with Crippen LogP contribution in [0.5, 0.6) is 11.5 Å². The van der Waals surface area contributed by atoms with Gasteiger partial charge < -0.3 is 14.8 Å². The van der Waals surface area contributed by atoms with E-state index in [0.29, 0.717) is 36.0 Å². The molecule has 0 spiro atoms. The Balaban J connectivity index is 1.65. The number of carbonyl (C=O) groups excluding carboxylic acids is 1. The summed E-state index contributed by atoms with van der Waals surface area (Å²) in [5.74, 6) is 1.05. The molecule has 1 atom stereocenters. The summed E-state index contributed by atoms with van der Waals surface area (Å²) in [6, 6.07) is -0.0449. The molecular formula is C14H15N3O3S. The van der Waals surface area contributed by atoms with Crippen LogP contribution in [0.25, 0.3) is 0 Å². The van der Waals surface area contributed by atoms with Crippen molar-refractivity contribution in [3.8, 4) is 11.5 Å². The number of carbonyl (C=O) groups is 1. The molecule has 0 saturated heterocycles. The van der Waals surface area contributed by atoms with E-state index in [-0.39, 0.29) is 11.9 Å². The molecule has 0 unspecified atom stereocenters. The van der Waals surface area contributed by atoms with E-state index in [1.54, 1.807) is 24.0 Å². The minimum atomic E-state index is -0.150. The lowest BCUT2D eigenvalue weighted by Crippen LogP contribution is -2.34. The third kappa shape index (κ3) is 3.13. The molecule has 6 nitrogen and oxygen atoms in total. The molecule has 21 heavy (non-hydrogen) atoms. The third-order valence-corrected chi connectivity index (χ3v) is 3.96. The Bertz CT molecular complexity index is 630. The Morgan fingerprint density at radius 1 is 1.43 bits per heavy atom. The van der Waals surface area contributed by atoms with Crippen molar-refractivity contribution in [2.24, 2.45) is 0 Å². The van der Waals surface area contributed by atoms with Gasteiger partial charge in [-0.3, -0.25) is 14.8 Å². The molecule has 1 aliphatic heterocycles. The van der Waals surface area contributed by atoms with E-state index in [1.807, 2.05) is 6.92 Å². The smallest absolute Gasteiger partial charge is 0.265 e. The monoisotopic (exact) mass is 305 g/mol. The maximum Gasteiger partial charge on any atom is 0.265 e. The maximum atomic E-state index is 12.3. The van der Waals surface area contributed by atoms with Crippen LogP contribution in [0.2, 0.25) is 0 Å². The number of fused-ring (bicyclic) bond motifs is 1. The number of aromatic nitrogens is 2. The molecule has 1 N–H and O–H groups in total. The van der Waals surface area contributed by atoms with Gasteiger partial charge in [-0.1, -0.05) is 0 Å². The topological polar surface area (TPSA) is 73.3 Å². The number of amides is 1. The van der Waals surface area contributed by atoms with Crippen LogP contribution in [0.1, 0.15) is 22.3 Å². The molecule has 3 heterocycles. The molecule has 0 aromatic carbocycles. The largest absolute Gasteiger partial charge is 0.485 e. The average Bonchev–Trinajstić information content (AvgIpc) is 2.92. The van der Waals surface area contributed by atoms with E-state index in [4.69, 9.17) is 9.47 Å². The fraction of sp³-hybridized carbons (Fsp3) is 0.357. The Morgan fingerprint density at radius 2 is 2.29 bits per heavy atom. The maximum absolute atomic E-state index is 12.3. The first kappa shape index (κ1) is 13.8. The van der Waals surface area contributed by atoms with Crippen LogP contribution in [0.3, 0.4) is 0 Å². The molecule has 1 amide bonds. The number of rotatable bonds is 4. The zero-order valence-electron chi connectivity index (χ0n) is 11.5. The van der Waals surface area contributed by atoms with Gasteiger partial charge in [-0.15, -0.1) is 11.3 Å². The first-order chi connectivity index (χ1) is 10.2. The number of thiophene rings is 1. The quantitative estimate of drug-likeness (QED) is 0.930. The minimum Gasteiger partial charge on any atom is -0.485 e. The molecule has 2 aromatic heterocycles. The summed E-state index contributed by atoms with van der Waals surface area (Å²) in [5.41, 5.74) is 0.845. The average molecular weight is 305 g/mol. The lowest BCUT2D eigenvalue weighted by molar-refractivity contribution is 0.0935. The van der Waals surface area contributed by atoms with Crippen LogP contribution in [0.4, 0.5) is 0 Å². The normalized spacial score (nSPS) is 14.5. The standard InChI is InChI=1S/C14H15N3O3S/c1-9(6-10-7-15-2-3-16-10)17-14(18)13-12-11(8-21-13)19-4-5-20-12/h2-3,7-9H,4-6H2,1H3,(H,17,18)/t9-/m0/s1. The van der Waals surface area contributed by atoms with Crippen LogP contribution < -0.4 is 14.8 Å². The number of hydrogen-bond acceptors (Lipinski definition) is 6. The molecule has 0 saturated carbocycles. The van der Waals surface area contributed by atoms with Crippen LogP contribution in [0, 0.1) is 0 Å². The zero-order chi connectivity index (χ0) is 14.7. The van der Waals surface area contributed by atoms with Crippen molar-refractivity contribution >= 4 is 17.2 Å². The van der Waals surface area contributed by atoms with E-state index in [0.717, 1.165) is 5.69 Å². The lowest BCUT2D eigenvalue weighted by Gasteiger charge is -2.17. The molecule has 110 valence electrons. The van der Waals surface area contributed by atoms with Crippen LogP contribution >= 0.6 is 11.3 Å². The Labute approximate surface area is 126 Å². The molecule has 2 aromatic rings. The van der Waals surface area contributed by atoms with E-state index in [2.05, 4.69) is 15.3 Å². The minimum absolute atomic E-state index is 0.0449. The van der Waals surface area contributed by atoms with Gasteiger partial charge in [0.05, 0.1) is 5.69 Å². The van der Waals surface area contributed by atoms with Crippen LogP contribution in [-0.4, -0.2) is 35.1 Å². The molecule has 0 fully saturated rings. The van der Waals surface area contributed by atoms with Crippen molar-refractivity contribution in [1.29, 1.82) is 0 Å². The molecule has 7 heteroatoms. The van der Waals surface area contributed by atoms with Gasteiger partial charge >= 0.3 is 0 Å². The SMILES string of the molecule is C[C@@H](Cc1cnccn1)NC(=O)c1scc2c1OCCO2. The Morgan fingerprint density at radius 3 is 3.10 bits per heavy atom. The third-order valence-electron chi connectivity index (χ3n) is 3.02. The van der Waals surface area contributed by atoms with Gasteiger partial charge in [0.2, 0.25) is 0 Å². The second-order valence-corrected chi connectivity index (χ2v) is 5.61. The fourth-order valence-corrected chi connectivity index (χ4v) is 2.94. The molecule has 1 aliphatic rings. The Kier molecular flexibility index (Phi) is 4.01. The summed E-state index contributed by atoms with van der Waals surface area (Å²) in [4.78, 5) is 21.1. The molecular weight excluding hydrogens is 290 g/mol. The summed E-state index contributed by atoms with van der Waals surface area (Å²) in [6.45, 7) is 2.93. The second-order valence-electron chi connectivity index (χ2n) is 4.73. The van der Waals surface area contributed by atoms with E-state index in [1.165, 1.54) is 11.3 Å². The van der Waals surface area contributed by atoms with Gasteiger partial charge in [0.1, 0.15) is 18.1 Å². The van der Waals surface area contributed by atoms with Gasteiger partial charge in [0, 0.05) is 36.4 Å². The highest BCUT2D eigenvalue weighted by Crippen LogP contribution is 2.39. The van der Waals surface area contributed by atoms with E-state index >= 15 is 0 Å². The van der Waals surface area contributed by atoms with Crippen molar-refractivity contribution in [2.45, 2.75) is 19.4 Å².